The first-order valence-electron chi connectivity index (χ1n) is 12.1. The molecule has 1 saturated carbocycles. The van der Waals surface area contributed by atoms with Crippen molar-refractivity contribution in [3.8, 4) is 0 Å². The molecule has 0 heterocycles. The van der Waals surface area contributed by atoms with Gasteiger partial charge in [-0.1, -0.05) is 67.6 Å². The molecule has 0 radical (unpaired) electrons. The number of hydrogen-bond donors (Lipinski definition) is 0. The fourth-order valence-electron chi connectivity index (χ4n) is 5.17. The Morgan fingerprint density at radius 1 is 0.903 bits per heavy atom. The summed E-state index contributed by atoms with van der Waals surface area (Å²) in [5, 5.41) is 1.75. The highest BCUT2D eigenvalue weighted by molar-refractivity contribution is 5.84. The topological polar surface area (TPSA) is 0 Å². The van der Waals surface area contributed by atoms with Gasteiger partial charge >= 0.3 is 0 Å². The molecular formula is C30H35F. The number of rotatable bonds is 8. The summed E-state index contributed by atoms with van der Waals surface area (Å²) in [6.07, 6.45) is 12.4. The van der Waals surface area contributed by atoms with Crippen LogP contribution in [0, 0.1) is 11.7 Å². The molecule has 1 aliphatic rings. The Bertz CT molecular complexity index is 1010. The van der Waals surface area contributed by atoms with E-state index in [0.717, 1.165) is 47.9 Å². The summed E-state index contributed by atoms with van der Waals surface area (Å²) < 4.78 is 15.0. The van der Waals surface area contributed by atoms with Gasteiger partial charge in [-0.25, -0.2) is 4.39 Å². The van der Waals surface area contributed by atoms with Crippen LogP contribution >= 0.6 is 0 Å². The fourth-order valence-corrected chi connectivity index (χ4v) is 5.17. The molecule has 1 heteroatoms. The molecule has 4 rings (SSSR count). The molecule has 0 bridgehead atoms. The van der Waals surface area contributed by atoms with Crippen molar-refractivity contribution in [2.24, 2.45) is 5.92 Å². The van der Waals surface area contributed by atoms with E-state index in [9.17, 15) is 0 Å². The van der Waals surface area contributed by atoms with Crippen molar-refractivity contribution in [3.05, 3.63) is 95.3 Å². The first-order chi connectivity index (χ1) is 15.2. The summed E-state index contributed by atoms with van der Waals surface area (Å²) in [6.45, 7) is 5.99. The first-order valence-corrected chi connectivity index (χ1v) is 12.1. The minimum Gasteiger partial charge on any atom is -0.206 e. The van der Waals surface area contributed by atoms with Gasteiger partial charge in [0.25, 0.3) is 0 Å². The molecular weight excluding hydrogens is 379 g/mol. The zero-order chi connectivity index (χ0) is 21.6. The third-order valence-electron chi connectivity index (χ3n) is 7.27. The second kappa shape index (κ2) is 10.3. The minimum absolute atomic E-state index is 0.0509. The van der Waals surface area contributed by atoms with Crippen molar-refractivity contribution < 1.29 is 4.39 Å². The van der Waals surface area contributed by atoms with Crippen LogP contribution in [-0.2, 0) is 19.3 Å². The fraction of sp³-hybridized carbons (Fsp3) is 0.400. The number of halogens is 1. The number of aryl methyl sites for hydroxylation is 3. The van der Waals surface area contributed by atoms with Crippen LogP contribution in [0.3, 0.4) is 0 Å². The van der Waals surface area contributed by atoms with Crippen molar-refractivity contribution in [2.75, 3.05) is 0 Å². The van der Waals surface area contributed by atoms with E-state index in [-0.39, 0.29) is 5.82 Å². The van der Waals surface area contributed by atoms with Gasteiger partial charge in [0.15, 0.2) is 0 Å². The quantitative estimate of drug-likeness (QED) is 0.324. The maximum absolute atomic E-state index is 15.0. The van der Waals surface area contributed by atoms with Gasteiger partial charge in [-0.05, 0) is 97.3 Å². The second-order valence-corrected chi connectivity index (χ2v) is 9.27. The predicted molar refractivity (Wildman–Crippen MR) is 131 cm³/mol. The van der Waals surface area contributed by atoms with Crippen LogP contribution in [0.15, 0.2) is 67.3 Å². The lowest BCUT2D eigenvalue weighted by Gasteiger charge is -2.28. The highest BCUT2D eigenvalue weighted by atomic mass is 19.1. The molecule has 0 amide bonds. The van der Waals surface area contributed by atoms with E-state index in [2.05, 4.69) is 56.0 Å². The molecule has 162 valence electrons. The molecule has 31 heavy (non-hydrogen) atoms. The van der Waals surface area contributed by atoms with Crippen LogP contribution in [-0.4, -0.2) is 0 Å². The summed E-state index contributed by atoms with van der Waals surface area (Å²) in [5.74, 6) is 1.55. The molecule has 0 saturated heterocycles. The molecule has 0 aliphatic heterocycles. The van der Waals surface area contributed by atoms with Crippen molar-refractivity contribution in [2.45, 2.75) is 70.6 Å². The summed E-state index contributed by atoms with van der Waals surface area (Å²) in [6, 6.07) is 19.3. The molecule has 0 unspecified atom stereocenters. The molecule has 3 aromatic carbocycles. The Kier molecular flexibility index (Phi) is 7.22. The molecule has 0 aromatic heterocycles. The number of allylic oxidation sites excluding steroid dienone is 1. The predicted octanol–water partition coefficient (Wildman–Crippen LogP) is 8.57. The zero-order valence-corrected chi connectivity index (χ0v) is 18.9. The number of benzene rings is 3. The summed E-state index contributed by atoms with van der Waals surface area (Å²) in [7, 11) is 0. The van der Waals surface area contributed by atoms with Gasteiger partial charge in [0.05, 0.1) is 0 Å². The molecule has 1 aliphatic carbocycles. The van der Waals surface area contributed by atoms with E-state index in [1.165, 1.54) is 48.8 Å². The van der Waals surface area contributed by atoms with Crippen LogP contribution < -0.4 is 0 Å². The lowest BCUT2D eigenvalue weighted by atomic mass is 9.77. The maximum Gasteiger partial charge on any atom is 0.134 e. The van der Waals surface area contributed by atoms with Crippen molar-refractivity contribution >= 4 is 10.8 Å². The van der Waals surface area contributed by atoms with Crippen LogP contribution in [0.1, 0.15) is 73.6 Å². The van der Waals surface area contributed by atoms with Crippen LogP contribution in [0.25, 0.3) is 10.8 Å². The Morgan fingerprint density at radius 2 is 1.65 bits per heavy atom. The van der Waals surface area contributed by atoms with Crippen LogP contribution in [0.2, 0.25) is 0 Å². The second-order valence-electron chi connectivity index (χ2n) is 9.27. The highest BCUT2D eigenvalue weighted by Crippen LogP contribution is 2.37. The lowest BCUT2D eigenvalue weighted by molar-refractivity contribution is 0.312. The van der Waals surface area contributed by atoms with Gasteiger partial charge in [-0.15, -0.1) is 6.58 Å². The van der Waals surface area contributed by atoms with Gasteiger partial charge in [-0.3, -0.25) is 0 Å². The van der Waals surface area contributed by atoms with Crippen LogP contribution in [0.4, 0.5) is 4.39 Å². The van der Waals surface area contributed by atoms with E-state index < -0.39 is 0 Å². The Morgan fingerprint density at radius 3 is 2.35 bits per heavy atom. The van der Waals surface area contributed by atoms with Gasteiger partial charge in [0.2, 0.25) is 0 Å². The average Bonchev–Trinajstić information content (AvgIpc) is 2.83. The first kappa shape index (κ1) is 21.8. The normalized spacial score (nSPS) is 18.9. The summed E-state index contributed by atoms with van der Waals surface area (Å²) in [4.78, 5) is 0. The van der Waals surface area contributed by atoms with Crippen LogP contribution in [0.5, 0.6) is 0 Å². The molecule has 0 nitrogen and oxygen atoms in total. The minimum atomic E-state index is -0.0509. The van der Waals surface area contributed by atoms with E-state index >= 15 is 4.39 Å². The Balaban J connectivity index is 1.35. The SMILES string of the molecule is C=CCCC1CCC(c2ccc(CCc3ccc4cc(CC)ccc4c3F)cc2)CC1. The summed E-state index contributed by atoms with van der Waals surface area (Å²) >= 11 is 0. The Hall–Kier alpha value is -2.41. The average molecular weight is 415 g/mol. The van der Waals surface area contributed by atoms with E-state index in [0.29, 0.717) is 5.92 Å². The largest absolute Gasteiger partial charge is 0.206 e. The summed E-state index contributed by atoms with van der Waals surface area (Å²) in [5.41, 5.74) is 4.85. The number of hydrogen-bond acceptors (Lipinski definition) is 0. The van der Waals surface area contributed by atoms with E-state index in [1.807, 2.05) is 18.2 Å². The van der Waals surface area contributed by atoms with Gasteiger partial charge in [-0.2, -0.15) is 0 Å². The van der Waals surface area contributed by atoms with Gasteiger partial charge in [0, 0.05) is 5.39 Å². The molecule has 3 aromatic rings. The molecule has 0 N–H and O–H groups in total. The van der Waals surface area contributed by atoms with E-state index in [1.54, 1.807) is 0 Å². The third kappa shape index (κ3) is 5.26. The monoisotopic (exact) mass is 414 g/mol. The molecule has 0 atom stereocenters. The molecule has 0 spiro atoms. The smallest absolute Gasteiger partial charge is 0.134 e. The van der Waals surface area contributed by atoms with Crippen molar-refractivity contribution in [3.63, 3.8) is 0 Å². The van der Waals surface area contributed by atoms with Crippen molar-refractivity contribution in [1.29, 1.82) is 0 Å². The lowest BCUT2D eigenvalue weighted by Crippen LogP contribution is -2.13. The standard InChI is InChI=1S/C30H35F/c1-3-5-6-23-7-13-25(14-8-23)26-15-9-24(10-16-26)11-17-27-18-19-28-21-22(4-2)12-20-29(28)30(27)31/h3,9-10,12,15-16,18-21,23,25H,1,4-8,11,13-14,17H2,2H3. The van der Waals surface area contributed by atoms with Gasteiger partial charge < -0.3 is 0 Å². The van der Waals surface area contributed by atoms with E-state index in [4.69, 9.17) is 0 Å². The molecule has 1 fully saturated rings. The maximum atomic E-state index is 15.0. The zero-order valence-electron chi connectivity index (χ0n) is 18.9. The highest BCUT2D eigenvalue weighted by Gasteiger charge is 2.21. The van der Waals surface area contributed by atoms with Crippen molar-refractivity contribution in [1.82, 2.24) is 0 Å². The number of fused-ring (bicyclic) bond motifs is 1. The Labute approximate surface area is 187 Å². The van der Waals surface area contributed by atoms with Gasteiger partial charge in [0.1, 0.15) is 5.82 Å². The third-order valence-corrected chi connectivity index (χ3v) is 7.27.